The molecule has 1 amide bonds. The molecule has 21 heavy (non-hydrogen) atoms. The van der Waals surface area contributed by atoms with Crippen LogP contribution >= 0.6 is 0 Å². The quantitative estimate of drug-likeness (QED) is 0.846. The molecule has 1 aliphatic heterocycles. The minimum atomic E-state index is -0.00346. The van der Waals surface area contributed by atoms with Gasteiger partial charge in [-0.05, 0) is 45.4 Å². The first-order valence-electron chi connectivity index (χ1n) is 7.46. The number of rotatable bonds is 6. The molecule has 1 aromatic carbocycles. The Hall–Kier alpha value is -1.75. The van der Waals surface area contributed by atoms with Gasteiger partial charge in [-0.25, -0.2) is 0 Å². The highest BCUT2D eigenvalue weighted by Crippen LogP contribution is 2.30. The Balaban J connectivity index is 2.06. The molecule has 0 spiro atoms. The van der Waals surface area contributed by atoms with Crippen molar-refractivity contribution in [2.75, 3.05) is 19.0 Å². The van der Waals surface area contributed by atoms with Crippen molar-refractivity contribution in [3.63, 3.8) is 0 Å². The molecule has 0 aromatic heterocycles. The summed E-state index contributed by atoms with van der Waals surface area (Å²) in [4.78, 5) is 12.2. The van der Waals surface area contributed by atoms with Crippen LogP contribution in [0, 0.1) is 0 Å². The lowest BCUT2D eigenvalue weighted by Gasteiger charge is -2.17. The summed E-state index contributed by atoms with van der Waals surface area (Å²) in [7, 11) is 1.60. The maximum Gasteiger partial charge on any atom is 0.226 e. The van der Waals surface area contributed by atoms with E-state index in [1.807, 2.05) is 26.0 Å². The van der Waals surface area contributed by atoms with Gasteiger partial charge in [0.15, 0.2) is 0 Å². The molecule has 5 nitrogen and oxygen atoms in total. The lowest BCUT2D eigenvalue weighted by molar-refractivity contribution is -0.116. The van der Waals surface area contributed by atoms with E-state index in [1.54, 1.807) is 13.2 Å². The van der Waals surface area contributed by atoms with Crippen LogP contribution in [0.25, 0.3) is 0 Å². The van der Waals surface area contributed by atoms with Crippen LogP contribution in [0.4, 0.5) is 5.69 Å². The predicted molar refractivity (Wildman–Crippen MR) is 83.0 cm³/mol. The van der Waals surface area contributed by atoms with E-state index in [1.165, 1.54) is 0 Å². The predicted octanol–water partition coefficient (Wildman–Crippen LogP) is 2.56. The Labute approximate surface area is 126 Å². The molecule has 0 saturated carbocycles. The number of carbonyl (C=O) groups is 1. The van der Waals surface area contributed by atoms with Crippen molar-refractivity contribution in [1.82, 2.24) is 5.32 Å². The van der Waals surface area contributed by atoms with Gasteiger partial charge in [0.05, 0.1) is 18.9 Å². The van der Waals surface area contributed by atoms with Crippen LogP contribution in [0.15, 0.2) is 18.2 Å². The van der Waals surface area contributed by atoms with Crippen LogP contribution in [0.1, 0.15) is 33.1 Å². The van der Waals surface area contributed by atoms with E-state index in [9.17, 15) is 4.79 Å². The summed E-state index contributed by atoms with van der Waals surface area (Å²) in [5, 5.41) is 6.26. The third-order valence-corrected chi connectivity index (χ3v) is 3.42. The highest BCUT2D eigenvalue weighted by atomic mass is 16.5. The van der Waals surface area contributed by atoms with E-state index in [0.717, 1.165) is 19.4 Å². The number of amides is 1. The van der Waals surface area contributed by atoms with E-state index in [4.69, 9.17) is 9.47 Å². The van der Waals surface area contributed by atoms with Crippen molar-refractivity contribution in [3.05, 3.63) is 18.2 Å². The van der Waals surface area contributed by atoms with E-state index in [0.29, 0.717) is 23.6 Å². The molecule has 1 heterocycles. The lowest BCUT2D eigenvalue weighted by atomic mass is 10.1. The van der Waals surface area contributed by atoms with Crippen molar-refractivity contribution >= 4 is 11.6 Å². The molecular formula is C16H24N2O3. The smallest absolute Gasteiger partial charge is 0.226 e. The average Bonchev–Trinajstić information content (AvgIpc) is 2.93. The molecule has 1 fully saturated rings. The molecule has 1 unspecified atom stereocenters. The van der Waals surface area contributed by atoms with Crippen molar-refractivity contribution in [1.29, 1.82) is 0 Å². The average molecular weight is 292 g/mol. The molecule has 1 atom stereocenters. The van der Waals surface area contributed by atoms with E-state index < -0.39 is 0 Å². The Bertz CT molecular complexity index is 482. The Kier molecular flexibility index (Phi) is 5.44. The fourth-order valence-corrected chi connectivity index (χ4v) is 2.45. The third-order valence-electron chi connectivity index (χ3n) is 3.42. The molecule has 2 N–H and O–H groups in total. The number of hydrogen-bond acceptors (Lipinski definition) is 4. The molecule has 1 saturated heterocycles. The first-order chi connectivity index (χ1) is 10.1. The second-order valence-corrected chi connectivity index (χ2v) is 5.57. The molecule has 0 radical (unpaired) electrons. The Morgan fingerprint density at radius 1 is 1.48 bits per heavy atom. The zero-order chi connectivity index (χ0) is 15.2. The van der Waals surface area contributed by atoms with E-state index in [2.05, 4.69) is 10.6 Å². The summed E-state index contributed by atoms with van der Waals surface area (Å²) in [5.74, 6) is 1.36. The number of anilines is 1. The van der Waals surface area contributed by atoms with Crippen LogP contribution in [0.2, 0.25) is 0 Å². The second-order valence-electron chi connectivity index (χ2n) is 5.57. The van der Waals surface area contributed by atoms with Gasteiger partial charge in [0, 0.05) is 18.5 Å². The van der Waals surface area contributed by atoms with Crippen molar-refractivity contribution in [2.24, 2.45) is 0 Å². The largest absolute Gasteiger partial charge is 0.497 e. The molecule has 116 valence electrons. The number of ether oxygens (including phenoxy) is 2. The zero-order valence-corrected chi connectivity index (χ0v) is 12.9. The highest BCUT2D eigenvalue weighted by Gasteiger charge is 2.19. The first kappa shape index (κ1) is 15.6. The monoisotopic (exact) mass is 292 g/mol. The molecule has 2 rings (SSSR count). The van der Waals surface area contributed by atoms with Crippen LogP contribution < -0.4 is 20.1 Å². The van der Waals surface area contributed by atoms with Crippen LogP contribution in [-0.4, -0.2) is 31.7 Å². The molecule has 1 aliphatic rings. The zero-order valence-electron chi connectivity index (χ0n) is 12.9. The van der Waals surface area contributed by atoms with E-state index >= 15 is 0 Å². The number of nitrogens with one attached hydrogen (secondary N) is 2. The minimum Gasteiger partial charge on any atom is -0.497 e. The summed E-state index contributed by atoms with van der Waals surface area (Å²) in [6, 6.07) is 5.72. The summed E-state index contributed by atoms with van der Waals surface area (Å²) in [6.07, 6.45) is 2.73. The van der Waals surface area contributed by atoms with Gasteiger partial charge < -0.3 is 20.1 Å². The molecule has 5 heteroatoms. The lowest BCUT2D eigenvalue weighted by Crippen LogP contribution is -2.27. The number of methoxy groups -OCH3 is 1. The van der Waals surface area contributed by atoms with Gasteiger partial charge in [0.2, 0.25) is 5.91 Å². The van der Waals surface area contributed by atoms with Crippen molar-refractivity contribution in [2.45, 2.75) is 45.3 Å². The van der Waals surface area contributed by atoms with Gasteiger partial charge in [-0.15, -0.1) is 0 Å². The highest BCUT2D eigenvalue weighted by molar-refractivity contribution is 5.93. The van der Waals surface area contributed by atoms with Gasteiger partial charge >= 0.3 is 0 Å². The fraction of sp³-hybridized carbons (Fsp3) is 0.562. The summed E-state index contributed by atoms with van der Waals surface area (Å²) in [6.45, 7) is 4.91. The summed E-state index contributed by atoms with van der Waals surface area (Å²) in [5.41, 5.74) is 0.658. The normalized spacial score (nSPS) is 17.8. The maximum absolute atomic E-state index is 12.2. The van der Waals surface area contributed by atoms with Crippen LogP contribution in [0.3, 0.4) is 0 Å². The molecule has 0 bridgehead atoms. The van der Waals surface area contributed by atoms with Crippen molar-refractivity contribution in [3.8, 4) is 11.5 Å². The van der Waals surface area contributed by atoms with Crippen LogP contribution in [0.5, 0.6) is 11.5 Å². The fourth-order valence-electron chi connectivity index (χ4n) is 2.45. The van der Waals surface area contributed by atoms with E-state index in [-0.39, 0.29) is 18.1 Å². The second kappa shape index (κ2) is 7.31. The topological polar surface area (TPSA) is 59.6 Å². The van der Waals surface area contributed by atoms with Gasteiger partial charge in [-0.3, -0.25) is 4.79 Å². The van der Waals surface area contributed by atoms with Gasteiger partial charge in [-0.1, -0.05) is 0 Å². The molecule has 0 aliphatic carbocycles. The van der Waals surface area contributed by atoms with Gasteiger partial charge in [0.1, 0.15) is 11.5 Å². The first-order valence-corrected chi connectivity index (χ1v) is 7.46. The molecular weight excluding hydrogens is 268 g/mol. The van der Waals surface area contributed by atoms with Crippen molar-refractivity contribution < 1.29 is 14.3 Å². The number of carbonyl (C=O) groups excluding carboxylic acids is 1. The Morgan fingerprint density at radius 3 is 2.90 bits per heavy atom. The summed E-state index contributed by atoms with van der Waals surface area (Å²) < 4.78 is 10.9. The molecule has 1 aromatic rings. The maximum atomic E-state index is 12.2. The number of benzene rings is 1. The van der Waals surface area contributed by atoms with Crippen LogP contribution in [-0.2, 0) is 4.79 Å². The third kappa shape index (κ3) is 4.63. The summed E-state index contributed by atoms with van der Waals surface area (Å²) >= 11 is 0. The minimum absolute atomic E-state index is 0.00346. The van der Waals surface area contributed by atoms with Gasteiger partial charge in [0.25, 0.3) is 0 Å². The number of hydrogen-bond donors (Lipinski definition) is 2. The van der Waals surface area contributed by atoms with Gasteiger partial charge in [-0.2, -0.15) is 0 Å². The Morgan fingerprint density at radius 2 is 2.29 bits per heavy atom. The standard InChI is InChI=1S/C16H24N2O3/c1-11(2)21-15-7-6-13(20-3)10-14(15)18-16(19)9-12-5-4-8-17-12/h6-7,10-12,17H,4-5,8-9H2,1-3H3,(H,18,19). The SMILES string of the molecule is COc1ccc(OC(C)C)c(NC(=O)CC2CCCN2)c1.